The summed E-state index contributed by atoms with van der Waals surface area (Å²) in [5, 5.41) is 9.52. The number of hydrogen-bond donors (Lipinski definition) is 1. The summed E-state index contributed by atoms with van der Waals surface area (Å²) >= 11 is 0. The van der Waals surface area contributed by atoms with Crippen molar-refractivity contribution in [2.24, 2.45) is 0 Å². The summed E-state index contributed by atoms with van der Waals surface area (Å²) < 4.78 is 0. The molecule has 1 aliphatic rings. The second-order valence-corrected chi connectivity index (χ2v) is 7.34. The van der Waals surface area contributed by atoms with Gasteiger partial charge in [-0.15, -0.1) is 0 Å². The third kappa shape index (κ3) is 3.88. The van der Waals surface area contributed by atoms with Crippen molar-refractivity contribution in [3.63, 3.8) is 0 Å². The highest BCUT2D eigenvalue weighted by Gasteiger charge is 2.31. The van der Waals surface area contributed by atoms with Crippen LogP contribution in [0.5, 0.6) is 0 Å². The molecule has 1 heterocycles. The van der Waals surface area contributed by atoms with E-state index >= 15 is 0 Å². The number of benzene rings is 2. The van der Waals surface area contributed by atoms with Gasteiger partial charge in [0.15, 0.2) is 0 Å². The van der Waals surface area contributed by atoms with E-state index in [0.717, 1.165) is 19.5 Å². The smallest absolute Gasteiger partial charge is 0.336 e. The number of likely N-dealkylation sites (tertiary alicyclic amines) is 1. The lowest BCUT2D eigenvalue weighted by molar-refractivity contribution is 0.0694. The van der Waals surface area contributed by atoms with Crippen molar-refractivity contribution in [2.75, 3.05) is 20.1 Å². The fourth-order valence-electron chi connectivity index (χ4n) is 3.72. The SMILES string of the molecule is CC(C)N1CCC(N(C)C(=O)c2ccccc2-c2ccccc2C(=O)O)C1. The van der Waals surface area contributed by atoms with Crippen LogP contribution in [0.2, 0.25) is 0 Å². The van der Waals surface area contributed by atoms with Crippen LogP contribution in [-0.2, 0) is 0 Å². The largest absolute Gasteiger partial charge is 0.478 e. The summed E-state index contributed by atoms with van der Waals surface area (Å²) in [6.45, 7) is 6.20. The van der Waals surface area contributed by atoms with E-state index < -0.39 is 5.97 Å². The van der Waals surface area contributed by atoms with Crippen molar-refractivity contribution in [3.8, 4) is 11.1 Å². The van der Waals surface area contributed by atoms with Gasteiger partial charge in [-0.25, -0.2) is 4.79 Å². The van der Waals surface area contributed by atoms with Gasteiger partial charge in [0.2, 0.25) is 0 Å². The Morgan fingerprint density at radius 3 is 2.15 bits per heavy atom. The molecule has 0 spiro atoms. The number of carboxylic acids is 1. The van der Waals surface area contributed by atoms with Crippen LogP contribution in [0.3, 0.4) is 0 Å². The molecule has 27 heavy (non-hydrogen) atoms. The van der Waals surface area contributed by atoms with Crippen LogP contribution in [0, 0.1) is 0 Å². The third-order valence-corrected chi connectivity index (χ3v) is 5.40. The fourth-order valence-corrected chi connectivity index (χ4v) is 3.72. The van der Waals surface area contributed by atoms with Gasteiger partial charge in [0.05, 0.1) is 5.56 Å². The molecule has 1 aliphatic heterocycles. The Morgan fingerprint density at radius 2 is 1.59 bits per heavy atom. The average Bonchev–Trinajstić information content (AvgIpc) is 3.17. The molecule has 1 unspecified atom stereocenters. The molecule has 1 atom stereocenters. The highest BCUT2D eigenvalue weighted by molar-refractivity contribution is 6.04. The van der Waals surface area contributed by atoms with Crippen LogP contribution in [0.15, 0.2) is 48.5 Å². The Hall–Kier alpha value is -2.66. The Kier molecular flexibility index (Phi) is 5.61. The first-order valence-corrected chi connectivity index (χ1v) is 9.33. The zero-order valence-corrected chi connectivity index (χ0v) is 16.1. The molecule has 5 nitrogen and oxygen atoms in total. The number of likely N-dealkylation sites (N-methyl/N-ethyl adjacent to an activating group) is 1. The van der Waals surface area contributed by atoms with Gasteiger partial charge < -0.3 is 10.0 Å². The molecule has 0 radical (unpaired) electrons. The summed E-state index contributed by atoms with van der Waals surface area (Å²) in [7, 11) is 1.84. The Bertz CT molecular complexity index is 847. The van der Waals surface area contributed by atoms with Crippen LogP contribution >= 0.6 is 0 Å². The minimum Gasteiger partial charge on any atom is -0.478 e. The van der Waals surface area contributed by atoms with Gasteiger partial charge >= 0.3 is 5.97 Å². The van der Waals surface area contributed by atoms with E-state index in [9.17, 15) is 14.7 Å². The molecule has 0 aliphatic carbocycles. The number of rotatable bonds is 5. The van der Waals surface area contributed by atoms with Crippen molar-refractivity contribution in [3.05, 3.63) is 59.7 Å². The lowest BCUT2D eigenvalue weighted by atomic mass is 9.94. The number of nitrogens with zero attached hydrogens (tertiary/aromatic N) is 2. The van der Waals surface area contributed by atoms with Crippen LogP contribution in [0.25, 0.3) is 11.1 Å². The monoisotopic (exact) mass is 366 g/mol. The van der Waals surface area contributed by atoms with Crippen molar-refractivity contribution in [1.29, 1.82) is 0 Å². The van der Waals surface area contributed by atoms with E-state index in [1.165, 1.54) is 0 Å². The molecule has 0 aromatic heterocycles. The number of aromatic carboxylic acids is 1. The van der Waals surface area contributed by atoms with Gasteiger partial charge in [-0.3, -0.25) is 9.69 Å². The summed E-state index contributed by atoms with van der Waals surface area (Å²) in [6, 6.07) is 14.7. The van der Waals surface area contributed by atoms with Gasteiger partial charge in [0.25, 0.3) is 5.91 Å². The molecule has 1 fully saturated rings. The van der Waals surface area contributed by atoms with E-state index in [1.807, 2.05) is 30.1 Å². The molecule has 2 aromatic carbocycles. The second kappa shape index (κ2) is 7.92. The number of carboxylic acid groups (broad SMARTS) is 1. The summed E-state index contributed by atoms with van der Waals surface area (Å²) in [5.41, 5.74) is 1.97. The molecule has 1 N–H and O–H groups in total. The molecule has 0 saturated carbocycles. The number of amides is 1. The predicted molar refractivity (Wildman–Crippen MR) is 106 cm³/mol. The fraction of sp³-hybridized carbons (Fsp3) is 0.364. The zero-order chi connectivity index (χ0) is 19.6. The first-order valence-electron chi connectivity index (χ1n) is 9.33. The lowest BCUT2D eigenvalue weighted by Gasteiger charge is -2.27. The maximum Gasteiger partial charge on any atom is 0.336 e. The normalized spacial score (nSPS) is 17.3. The van der Waals surface area contributed by atoms with Crippen molar-refractivity contribution >= 4 is 11.9 Å². The molecule has 2 aromatic rings. The van der Waals surface area contributed by atoms with E-state index in [1.54, 1.807) is 30.3 Å². The molecule has 142 valence electrons. The van der Waals surface area contributed by atoms with Crippen LogP contribution in [-0.4, -0.2) is 59.0 Å². The van der Waals surface area contributed by atoms with E-state index in [0.29, 0.717) is 22.7 Å². The number of carbonyl (C=O) groups excluding carboxylic acids is 1. The third-order valence-electron chi connectivity index (χ3n) is 5.40. The number of hydrogen-bond acceptors (Lipinski definition) is 3. The van der Waals surface area contributed by atoms with E-state index in [4.69, 9.17) is 0 Å². The first-order chi connectivity index (χ1) is 12.9. The van der Waals surface area contributed by atoms with Gasteiger partial charge in [-0.05, 0) is 43.5 Å². The Balaban J connectivity index is 1.93. The maximum atomic E-state index is 13.2. The molecule has 3 rings (SSSR count). The summed E-state index contributed by atoms with van der Waals surface area (Å²) in [6.07, 6.45) is 0.953. The van der Waals surface area contributed by atoms with Crippen LogP contribution in [0.4, 0.5) is 0 Å². The predicted octanol–water partition coefficient (Wildman–Crippen LogP) is 3.61. The van der Waals surface area contributed by atoms with Crippen molar-refractivity contribution in [1.82, 2.24) is 9.80 Å². The minimum atomic E-state index is -0.996. The van der Waals surface area contributed by atoms with Crippen LogP contribution in [0.1, 0.15) is 41.0 Å². The molecular weight excluding hydrogens is 340 g/mol. The summed E-state index contributed by atoms with van der Waals surface area (Å²) in [4.78, 5) is 29.0. The maximum absolute atomic E-state index is 13.2. The van der Waals surface area contributed by atoms with Gasteiger partial charge in [0.1, 0.15) is 0 Å². The molecule has 0 bridgehead atoms. The molecular formula is C22H26N2O3. The summed E-state index contributed by atoms with van der Waals surface area (Å²) in [5.74, 6) is -1.06. The molecule has 5 heteroatoms. The van der Waals surface area contributed by atoms with Crippen molar-refractivity contribution < 1.29 is 14.7 Å². The molecule has 1 amide bonds. The first kappa shape index (κ1) is 19.1. The highest BCUT2D eigenvalue weighted by Crippen LogP contribution is 2.29. The lowest BCUT2D eigenvalue weighted by Crippen LogP contribution is -2.40. The van der Waals surface area contributed by atoms with Crippen LogP contribution < -0.4 is 0 Å². The minimum absolute atomic E-state index is 0.0682. The second-order valence-electron chi connectivity index (χ2n) is 7.34. The van der Waals surface area contributed by atoms with Gasteiger partial charge in [-0.2, -0.15) is 0 Å². The highest BCUT2D eigenvalue weighted by atomic mass is 16.4. The topological polar surface area (TPSA) is 60.9 Å². The van der Waals surface area contributed by atoms with Crippen molar-refractivity contribution in [2.45, 2.75) is 32.4 Å². The quantitative estimate of drug-likeness (QED) is 0.878. The average molecular weight is 366 g/mol. The Labute approximate surface area is 160 Å². The Morgan fingerprint density at radius 1 is 1.04 bits per heavy atom. The van der Waals surface area contributed by atoms with E-state index in [2.05, 4.69) is 18.7 Å². The number of carbonyl (C=O) groups is 2. The van der Waals surface area contributed by atoms with Gasteiger partial charge in [-0.1, -0.05) is 36.4 Å². The van der Waals surface area contributed by atoms with Gasteiger partial charge in [0, 0.05) is 37.8 Å². The van der Waals surface area contributed by atoms with E-state index in [-0.39, 0.29) is 17.5 Å². The zero-order valence-electron chi connectivity index (χ0n) is 16.1. The molecule has 1 saturated heterocycles. The standard InChI is InChI=1S/C22H26N2O3/c1-15(2)24-13-12-16(14-24)23(3)21(25)19-10-6-4-8-17(19)18-9-5-7-11-20(18)22(26)27/h4-11,15-16H,12-14H2,1-3H3,(H,26,27).